The first-order chi connectivity index (χ1) is 15.1. The maximum absolute atomic E-state index is 13.3. The van der Waals surface area contributed by atoms with E-state index in [-0.39, 0.29) is 23.2 Å². The summed E-state index contributed by atoms with van der Waals surface area (Å²) < 4.78 is 25.9. The third-order valence-electron chi connectivity index (χ3n) is 5.00. The number of hydrogen-bond acceptors (Lipinski definition) is 4. The maximum atomic E-state index is 13.3. The highest BCUT2D eigenvalue weighted by molar-refractivity contribution is 7.92. The van der Waals surface area contributed by atoms with Crippen LogP contribution in [0.5, 0.6) is 0 Å². The number of rotatable bonds is 11. The summed E-state index contributed by atoms with van der Waals surface area (Å²) in [6.07, 6.45) is 2.32. The zero-order chi connectivity index (χ0) is 23.7. The van der Waals surface area contributed by atoms with E-state index in [2.05, 4.69) is 5.32 Å². The number of amides is 2. The van der Waals surface area contributed by atoms with Crippen LogP contribution < -0.4 is 9.62 Å². The molecule has 0 bridgehead atoms. The largest absolute Gasteiger partial charge is 0.354 e. The van der Waals surface area contributed by atoms with Gasteiger partial charge in [-0.15, -0.1) is 0 Å². The van der Waals surface area contributed by atoms with Gasteiger partial charge in [-0.2, -0.15) is 0 Å². The lowest BCUT2D eigenvalue weighted by Crippen LogP contribution is -2.52. The van der Waals surface area contributed by atoms with Crippen LogP contribution in [0.25, 0.3) is 0 Å². The van der Waals surface area contributed by atoms with Gasteiger partial charge in [-0.25, -0.2) is 8.42 Å². The highest BCUT2D eigenvalue weighted by Gasteiger charge is 2.30. The molecule has 174 valence electrons. The molecule has 2 aromatic rings. The van der Waals surface area contributed by atoms with Gasteiger partial charge in [0.05, 0.1) is 17.0 Å². The van der Waals surface area contributed by atoms with Gasteiger partial charge in [0.2, 0.25) is 21.8 Å². The van der Waals surface area contributed by atoms with Crippen LogP contribution in [-0.4, -0.2) is 57.1 Å². The summed E-state index contributed by atoms with van der Waals surface area (Å²) in [5.41, 5.74) is 1.23. The number of sulfonamides is 1. The predicted molar refractivity (Wildman–Crippen MR) is 128 cm³/mol. The Morgan fingerprint density at radius 2 is 1.69 bits per heavy atom. The number of carbonyl (C=O) groups is 2. The van der Waals surface area contributed by atoms with E-state index in [0.29, 0.717) is 13.0 Å². The summed E-state index contributed by atoms with van der Waals surface area (Å²) in [4.78, 5) is 27.4. The Labute approximate surface area is 195 Å². The van der Waals surface area contributed by atoms with E-state index in [9.17, 15) is 18.0 Å². The van der Waals surface area contributed by atoms with Crippen LogP contribution in [0.4, 0.5) is 5.69 Å². The van der Waals surface area contributed by atoms with Crippen LogP contribution in [0, 0.1) is 0 Å². The summed E-state index contributed by atoms with van der Waals surface area (Å²) in [7, 11) is -3.80. The van der Waals surface area contributed by atoms with E-state index in [1.54, 1.807) is 31.2 Å². The van der Waals surface area contributed by atoms with Gasteiger partial charge < -0.3 is 10.2 Å². The van der Waals surface area contributed by atoms with Crippen molar-refractivity contribution in [2.24, 2.45) is 0 Å². The van der Waals surface area contributed by atoms with Crippen molar-refractivity contribution in [3.8, 4) is 0 Å². The molecule has 1 atom stereocenters. The van der Waals surface area contributed by atoms with Gasteiger partial charge in [0.15, 0.2) is 0 Å². The van der Waals surface area contributed by atoms with Crippen molar-refractivity contribution in [3.63, 3.8) is 0 Å². The Morgan fingerprint density at radius 1 is 1.06 bits per heavy atom. The minimum absolute atomic E-state index is 0.218. The second-order valence-corrected chi connectivity index (χ2v) is 9.82. The molecule has 0 aliphatic carbocycles. The topological polar surface area (TPSA) is 86.8 Å². The molecule has 1 N–H and O–H groups in total. The molecule has 0 saturated heterocycles. The third-order valence-corrected chi connectivity index (χ3v) is 6.45. The Bertz CT molecular complexity index is 1010. The zero-order valence-electron chi connectivity index (χ0n) is 18.6. The molecule has 32 heavy (non-hydrogen) atoms. The molecule has 0 unspecified atom stereocenters. The number of hydrogen-bond donors (Lipinski definition) is 1. The predicted octanol–water partition coefficient (Wildman–Crippen LogP) is 3.09. The van der Waals surface area contributed by atoms with Crippen LogP contribution in [0.15, 0.2) is 54.6 Å². The number of halogens is 1. The highest BCUT2D eigenvalue weighted by Crippen LogP contribution is 2.27. The third kappa shape index (κ3) is 7.24. The molecule has 0 aliphatic heterocycles. The van der Waals surface area contributed by atoms with Crippen LogP contribution in [0.2, 0.25) is 5.02 Å². The molecule has 0 spiro atoms. The molecule has 0 radical (unpaired) electrons. The van der Waals surface area contributed by atoms with Crippen LogP contribution in [-0.2, 0) is 26.0 Å². The minimum atomic E-state index is -3.80. The molecule has 9 heteroatoms. The van der Waals surface area contributed by atoms with E-state index >= 15 is 0 Å². The van der Waals surface area contributed by atoms with Crippen LogP contribution in [0.1, 0.15) is 25.8 Å². The van der Waals surface area contributed by atoms with E-state index in [1.165, 1.54) is 4.90 Å². The highest BCUT2D eigenvalue weighted by atomic mass is 35.5. The fraction of sp³-hybridized carbons (Fsp3) is 0.391. The van der Waals surface area contributed by atoms with Crippen molar-refractivity contribution >= 4 is 39.1 Å². The number of nitrogens with zero attached hydrogens (tertiary/aromatic N) is 2. The second-order valence-electron chi connectivity index (χ2n) is 7.51. The van der Waals surface area contributed by atoms with Crippen molar-refractivity contribution in [1.29, 1.82) is 0 Å². The number of carbonyl (C=O) groups excluding carboxylic acids is 2. The first-order valence-corrected chi connectivity index (χ1v) is 12.7. The lowest BCUT2D eigenvalue weighted by molar-refractivity contribution is -0.138. The number of para-hydroxylation sites is 1. The Kier molecular flexibility index (Phi) is 9.53. The van der Waals surface area contributed by atoms with Crippen molar-refractivity contribution in [3.05, 3.63) is 65.2 Å². The fourth-order valence-electron chi connectivity index (χ4n) is 3.21. The normalized spacial score (nSPS) is 12.1. The second kappa shape index (κ2) is 11.9. The van der Waals surface area contributed by atoms with Gasteiger partial charge in [0.1, 0.15) is 12.6 Å². The first-order valence-electron chi connectivity index (χ1n) is 10.5. The Morgan fingerprint density at radius 3 is 2.28 bits per heavy atom. The average Bonchev–Trinajstić information content (AvgIpc) is 2.76. The fourth-order valence-corrected chi connectivity index (χ4v) is 4.36. The van der Waals surface area contributed by atoms with Crippen LogP contribution in [0.3, 0.4) is 0 Å². The zero-order valence-corrected chi connectivity index (χ0v) is 20.2. The number of anilines is 1. The lowest BCUT2D eigenvalue weighted by atomic mass is 10.1. The van der Waals surface area contributed by atoms with E-state index in [1.807, 2.05) is 37.3 Å². The summed E-state index contributed by atoms with van der Waals surface area (Å²) in [5, 5.41) is 3.02. The lowest BCUT2D eigenvalue weighted by Gasteiger charge is -2.31. The Balaban J connectivity index is 2.29. The van der Waals surface area contributed by atoms with Crippen LogP contribution >= 0.6 is 11.6 Å². The number of nitrogens with one attached hydrogen (secondary N) is 1. The summed E-state index contributed by atoms with van der Waals surface area (Å²) in [6, 6.07) is 15.3. The van der Waals surface area contributed by atoms with Crippen molar-refractivity contribution in [2.45, 2.75) is 32.7 Å². The smallest absolute Gasteiger partial charge is 0.244 e. The number of benzene rings is 2. The van der Waals surface area contributed by atoms with Gasteiger partial charge in [0.25, 0.3) is 0 Å². The monoisotopic (exact) mass is 479 g/mol. The van der Waals surface area contributed by atoms with E-state index < -0.39 is 28.5 Å². The van der Waals surface area contributed by atoms with Gasteiger partial charge in [-0.3, -0.25) is 13.9 Å². The minimum Gasteiger partial charge on any atom is -0.354 e. The van der Waals surface area contributed by atoms with Gasteiger partial charge in [-0.05, 0) is 37.5 Å². The molecular weight excluding hydrogens is 450 g/mol. The molecule has 2 amide bonds. The molecule has 0 aliphatic rings. The van der Waals surface area contributed by atoms with Crippen molar-refractivity contribution < 1.29 is 18.0 Å². The maximum Gasteiger partial charge on any atom is 0.244 e. The molecular formula is C23H30ClN3O4S. The summed E-state index contributed by atoms with van der Waals surface area (Å²) in [5.74, 6) is -0.762. The summed E-state index contributed by atoms with van der Waals surface area (Å²) in [6.45, 7) is 3.90. The molecule has 7 nitrogen and oxygen atoms in total. The van der Waals surface area contributed by atoms with Crippen molar-refractivity contribution in [2.75, 3.05) is 30.2 Å². The van der Waals surface area contributed by atoms with Crippen molar-refractivity contribution in [1.82, 2.24) is 10.2 Å². The van der Waals surface area contributed by atoms with E-state index in [0.717, 1.165) is 22.5 Å². The van der Waals surface area contributed by atoms with E-state index in [4.69, 9.17) is 11.6 Å². The molecule has 2 rings (SSSR count). The molecule has 2 aromatic carbocycles. The molecule has 0 aromatic heterocycles. The molecule has 0 heterocycles. The standard InChI is InChI=1S/C23H30ClN3O4S/c1-4-15-25-23(29)18(2)26(16-14-19-10-6-5-7-11-19)22(28)17-27(32(3,30)31)21-13-9-8-12-20(21)24/h5-13,18H,4,14-17H2,1-3H3,(H,25,29)/t18-/m1/s1. The SMILES string of the molecule is CCCNC(=O)[C@@H](C)N(CCc1ccccc1)C(=O)CN(c1ccccc1Cl)S(C)(=O)=O. The quantitative estimate of drug-likeness (QED) is 0.536. The Hall–Kier alpha value is -2.58. The average molecular weight is 480 g/mol. The summed E-state index contributed by atoms with van der Waals surface area (Å²) >= 11 is 6.20. The van der Waals surface area contributed by atoms with Gasteiger partial charge in [-0.1, -0.05) is 61.0 Å². The molecule has 0 saturated carbocycles. The first kappa shape index (κ1) is 25.7. The van der Waals surface area contributed by atoms with Gasteiger partial charge >= 0.3 is 0 Å². The molecule has 0 fully saturated rings. The van der Waals surface area contributed by atoms with Gasteiger partial charge in [0, 0.05) is 13.1 Å².